The van der Waals surface area contributed by atoms with Gasteiger partial charge in [0, 0.05) is 17.1 Å². The molecule has 0 saturated carbocycles. The van der Waals surface area contributed by atoms with E-state index < -0.39 is 5.82 Å². The van der Waals surface area contributed by atoms with Gasteiger partial charge in [0.1, 0.15) is 5.82 Å². The highest BCUT2D eigenvalue weighted by atomic mass is 79.9. The minimum Gasteiger partial charge on any atom is -0.350 e. The summed E-state index contributed by atoms with van der Waals surface area (Å²) in [7, 11) is 0. The molecule has 21 heavy (non-hydrogen) atoms. The average molecular weight is 380 g/mol. The number of hydrogen-bond donors (Lipinski definition) is 2. The number of hydrogen-bond acceptors (Lipinski definition) is 2. The number of amides is 1. The smallest absolute Gasteiger partial charge is 0.255 e. The quantitative estimate of drug-likeness (QED) is 0.844. The lowest BCUT2D eigenvalue weighted by atomic mass is 9.77. The number of benzene rings is 1. The molecule has 1 aromatic rings. The van der Waals surface area contributed by atoms with Crippen LogP contribution in [0.2, 0.25) is 0 Å². The first-order valence-electron chi connectivity index (χ1n) is 6.87. The van der Waals surface area contributed by atoms with Crippen molar-refractivity contribution in [3.05, 3.63) is 34.1 Å². The molecular weight excluding hydrogens is 359 g/mol. The molecule has 0 bridgehead atoms. The van der Waals surface area contributed by atoms with Crippen LogP contribution in [0.25, 0.3) is 0 Å². The molecule has 1 unspecified atom stereocenters. The lowest BCUT2D eigenvalue weighted by Crippen LogP contribution is -2.52. The Morgan fingerprint density at radius 2 is 2.24 bits per heavy atom. The third-order valence-electron chi connectivity index (χ3n) is 3.99. The van der Waals surface area contributed by atoms with E-state index in [-0.39, 0.29) is 35.3 Å². The fourth-order valence-electron chi connectivity index (χ4n) is 2.62. The molecule has 1 saturated heterocycles. The van der Waals surface area contributed by atoms with Crippen LogP contribution in [0.3, 0.4) is 0 Å². The highest BCUT2D eigenvalue weighted by molar-refractivity contribution is 9.10. The third-order valence-corrected chi connectivity index (χ3v) is 4.65. The van der Waals surface area contributed by atoms with Crippen LogP contribution in [0.5, 0.6) is 0 Å². The minimum atomic E-state index is -0.507. The summed E-state index contributed by atoms with van der Waals surface area (Å²) in [5.41, 5.74) is 0.207. The van der Waals surface area contributed by atoms with Crippen LogP contribution in [-0.2, 0) is 0 Å². The van der Waals surface area contributed by atoms with Gasteiger partial charge in [-0.1, -0.05) is 19.9 Å². The van der Waals surface area contributed by atoms with Crippen molar-refractivity contribution in [2.45, 2.75) is 32.7 Å². The maximum Gasteiger partial charge on any atom is 0.255 e. The molecule has 1 aromatic carbocycles. The zero-order valence-electron chi connectivity index (χ0n) is 12.2. The number of piperidine rings is 1. The molecule has 0 radical (unpaired) electrons. The van der Waals surface area contributed by atoms with E-state index in [9.17, 15) is 9.18 Å². The van der Waals surface area contributed by atoms with Crippen LogP contribution in [0.1, 0.15) is 37.0 Å². The molecule has 0 aliphatic carbocycles. The van der Waals surface area contributed by atoms with Gasteiger partial charge in [-0.3, -0.25) is 4.79 Å². The van der Waals surface area contributed by atoms with E-state index in [1.807, 2.05) is 0 Å². The van der Waals surface area contributed by atoms with Gasteiger partial charge in [0.15, 0.2) is 0 Å². The largest absolute Gasteiger partial charge is 0.350 e. The number of halogens is 3. The first-order valence-corrected chi connectivity index (χ1v) is 7.67. The molecule has 1 heterocycles. The molecule has 1 atom stereocenters. The Kier molecular flexibility index (Phi) is 6.63. The highest BCUT2D eigenvalue weighted by Gasteiger charge is 2.32. The Hall–Kier alpha value is -0.650. The fraction of sp³-hybridized carbons (Fsp3) is 0.533. The van der Waals surface area contributed by atoms with Crippen molar-refractivity contribution in [1.82, 2.24) is 10.6 Å². The molecule has 2 N–H and O–H groups in total. The van der Waals surface area contributed by atoms with Crippen molar-refractivity contribution in [3.63, 3.8) is 0 Å². The number of carbonyl (C=O) groups is 1. The van der Waals surface area contributed by atoms with Crippen LogP contribution in [0, 0.1) is 11.2 Å². The Bertz CT molecular complexity index is 490. The topological polar surface area (TPSA) is 41.1 Å². The van der Waals surface area contributed by atoms with Gasteiger partial charge in [0.05, 0.1) is 5.56 Å². The van der Waals surface area contributed by atoms with E-state index in [2.05, 4.69) is 40.4 Å². The molecule has 118 valence electrons. The molecule has 1 aliphatic rings. The van der Waals surface area contributed by atoms with E-state index in [1.165, 1.54) is 6.07 Å². The maximum absolute atomic E-state index is 13.7. The van der Waals surface area contributed by atoms with Crippen LogP contribution in [0.15, 0.2) is 22.7 Å². The molecule has 1 fully saturated rings. The van der Waals surface area contributed by atoms with Crippen molar-refractivity contribution in [1.29, 1.82) is 0 Å². The number of rotatable bonds is 3. The summed E-state index contributed by atoms with van der Waals surface area (Å²) in [4.78, 5) is 12.1. The Morgan fingerprint density at radius 1 is 1.52 bits per heavy atom. The van der Waals surface area contributed by atoms with Gasteiger partial charge in [-0.2, -0.15) is 0 Å². The second-order valence-electron chi connectivity index (χ2n) is 5.91. The number of carbonyl (C=O) groups excluding carboxylic acids is 1. The second kappa shape index (κ2) is 7.56. The summed E-state index contributed by atoms with van der Waals surface area (Å²) >= 11 is 3.22. The third kappa shape index (κ3) is 4.41. The SMILES string of the molecule is CC1(C)CCCNC1CNC(=O)c1c(F)cccc1Br.Cl. The highest BCUT2D eigenvalue weighted by Crippen LogP contribution is 2.29. The van der Waals surface area contributed by atoms with E-state index in [0.29, 0.717) is 11.0 Å². The minimum absolute atomic E-state index is 0. The molecular formula is C15H21BrClFN2O. The van der Waals surface area contributed by atoms with Crippen LogP contribution in [0.4, 0.5) is 4.39 Å². The summed E-state index contributed by atoms with van der Waals surface area (Å²) in [5, 5.41) is 6.26. The van der Waals surface area contributed by atoms with E-state index in [1.54, 1.807) is 12.1 Å². The van der Waals surface area contributed by atoms with E-state index >= 15 is 0 Å². The zero-order chi connectivity index (χ0) is 14.8. The van der Waals surface area contributed by atoms with Crippen molar-refractivity contribution in [3.8, 4) is 0 Å². The second-order valence-corrected chi connectivity index (χ2v) is 6.76. The van der Waals surface area contributed by atoms with Crippen LogP contribution >= 0.6 is 28.3 Å². The standard InChI is InChI=1S/C15H20BrFN2O.ClH/c1-15(2)7-4-8-18-12(15)9-19-14(20)13-10(16)5-3-6-11(13)17;/h3,5-6,12,18H,4,7-9H2,1-2H3,(H,19,20);1H. The molecule has 6 heteroatoms. The van der Waals surface area contributed by atoms with Gasteiger partial charge in [0.2, 0.25) is 0 Å². The molecule has 0 spiro atoms. The summed E-state index contributed by atoms with van der Waals surface area (Å²) in [6.45, 7) is 5.85. The molecule has 1 aliphatic heterocycles. The van der Waals surface area contributed by atoms with Gasteiger partial charge in [0.25, 0.3) is 5.91 Å². The Labute approximate surface area is 139 Å². The fourth-order valence-corrected chi connectivity index (χ4v) is 3.14. The van der Waals surface area contributed by atoms with Crippen molar-refractivity contribution >= 4 is 34.2 Å². The van der Waals surface area contributed by atoms with Gasteiger partial charge >= 0.3 is 0 Å². The average Bonchev–Trinajstić information content (AvgIpc) is 2.36. The van der Waals surface area contributed by atoms with Crippen molar-refractivity contribution in [2.24, 2.45) is 5.41 Å². The van der Waals surface area contributed by atoms with Crippen molar-refractivity contribution in [2.75, 3.05) is 13.1 Å². The number of nitrogens with one attached hydrogen (secondary N) is 2. The first-order chi connectivity index (χ1) is 9.42. The lowest BCUT2D eigenvalue weighted by Gasteiger charge is -2.39. The van der Waals surface area contributed by atoms with Gasteiger partial charge in [-0.05, 0) is 52.9 Å². The van der Waals surface area contributed by atoms with Gasteiger partial charge in [-0.15, -0.1) is 12.4 Å². The van der Waals surface area contributed by atoms with E-state index in [4.69, 9.17) is 0 Å². The molecule has 1 amide bonds. The summed E-state index contributed by atoms with van der Waals surface area (Å²) < 4.78 is 14.2. The zero-order valence-corrected chi connectivity index (χ0v) is 14.6. The summed E-state index contributed by atoms with van der Waals surface area (Å²) in [6.07, 6.45) is 2.28. The van der Waals surface area contributed by atoms with Gasteiger partial charge in [-0.25, -0.2) is 4.39 Å². The molecule has 2 rings (SSSR count). The summed E-state index contributed by atoms with van der Waals surface area (Å²) in [5.74, 6) is -0.883. The predicted molar refractivity (Wildman–Crippen MR) is 88.5 cm³/mol. The Morgan fingerprint density at radius 3 is 2.86 bits per heavy atom. The lowest BCUT2D eigenvalue weighted by molar-refractivity contribution is 0.0924. The molecule has 3 nitrogen and oxygen atoms in total. The van der Waals surface area contributed by atoms with Crippen LogP contribution < -0.4 is 10.6 Å². The predicted octanol–water partition coefficient (Wildman–Crippen LogP) is 3.52. The van der Waals surface area contributed by atoms with Gasteiger partial charge < -0.3 is 10.6 Å². The maximum atomic E-state index is 13.7. The first kappa shape index (κ1) is 18.4. The Balaban J connectivity index is 0.00000220. The van der Waals surface area contributed by atoms with Crippen LogP contribution in [-0.4, -0.2) is 25.0 Å². The molecule has 0 aromatic heterocycles. The normalized spacial score (nSPS) is 20.5. The van der Waals surface area contributed by atoms with E-state index in [0.717, 1.165) is 19.4 Å². The monoisotopic (exact) mass is 378 g/mol. The van der Waals surface area contributed by atoms with Crippen molar-refractivity contribution < 1.29 is 9.18 Å². The summed E-state index contributed by atoms with van der Waals surface area (Å²) in [6, 6.07) is 4.75.